The molecule has 0 aliphatic heterocycles. The van der Waals surface area contributed by atoms with E-state index in [1.165, 1.54) is 36.4 Å². The summed E-state index contributed by atoms with van der Waals surface area (Å²) in [5.41, 5.74) is 0.659. The summed E-state index contributed by atoms with van der Waals surface area (Å²) < 4.78 is 19.3. The number of benzene rings is 2. The van der Waals surface area contributed by atoms with E-state index in [1.54, 1.807) is 19.1 Å². The highest BCUT2D eigenvalue weighted by atomic mass is 19.1. The van der Waals surface area contributed by atoms with Crippen LogP contribution in [0.2, 0.25) is 0 Å². The lowest BCUT2D eigenvalue weighted by molar-refractivity contribution is -0.384. The summed E-state index contributed by atoms with van der Waals surface area (Å²) in [6.45, 7) is 1.70. The minimum Gasteiger partial charge on any atom is -0.437 e. The van der Waals surface area contributed by atoms with Crippen molar-refractivity contribution in [3.63, 3.8) is 0 Å². The molecule has 8 heteroatoms. The Hall–Kier alpha value is -3.86. The van der Waals surface area contributed by atoms with Gasteiger partial charge >= 0.3 is 0 Å². The summed E-state index contributed by atoms with van der Waals surface area (Å²) in [7, 11) is 0. The van der Waals surface area contributed by atoms with Crippen LogP contribution in [0.3, 0.4) is 0 Å². The number of hydrogen-bond acceptors (Lipinski definition) is 6. The molecule has 0 unspecified atom stereocenters. The minimum atomic E-state index is -0.699. The van der Waals surface area contributed by atoms with Gasteiger partial charge in [-0.1, -0.05) is 18.2 Å². The average molecular weight is 350 g/mol. The molecule has 1 aromatic heterocycles. The molecule has 0 N–H and O–H groups in total. The highest BCUT2D eigenvalue weighted by Crippen LogP contribution is 2.28. The SMILES string of the molecule is Cc1cc(Oc2cccc(F)c2C#N)nc(-c2cccc([N+](=O)[O-])c2)n1. The monoisotopic (exact) mass is 350 g/mol. The highest BCUT2D eigenvalue weighted by molar-refractivity contribution is 5.60. The standard InChI is InChI=1S/C18H11FN4O3/c1-11-8-17(26-16-7-3-6-15(19)14(16)10-20)22-18(21-11)12-4-2-5-13(9-12)23(24)25/h2-9H,1H3. The van der Waals surface area contributed by atoms with E-state index < -0.39 is 10.7 Å². The first-order valence-electron chi connectivity index (χ1n) is 7.45. The first-order valence-corrected chi connectivity index (χ1v) is 7.45. The number of ether oxygens (including phenoxy) is 1. The Morgan fingerprint density at radius 1 is 1.19 bits per heavy atom. The van der Waals surface area contributed by atoms with E-state index in [2.05, 4.69) is 9.97 Å². The number of nitriles is 1. The molecular formula is C18H11FN4O3. The minimum absolute atomic E-state index is 0.0237. The van der Waals surface area contributed by atoms with Crippen molar-refractivity contribution in [3.8, 4) is 29.1 Å². The van der Waals surface area contributed by atoms with Gasteiger partial charge in [-0.05, 0) is 19.1 Å². The second-order valence-electron chi connectivity index (χ2n) is 5.31. The Morgan fingerprint density at radius 2 is 1.96 bits per heavy atom. The second-order valence-corrected chi connectivity index (χ2v) is 5.31. The van der Waals surface area contributed by atoms with Crippen molar-refractivity contribution in [2.24, 2.45) is 0 Å². The number of nitro benzene ring substituents is 1. The maximum Gasteiger partial charge on any atom is 0.270 e. The summed E-state index contributed by atoms with van der Waals surface area (Å²) in [4.78, 5) is 18.9. The maximum absolute atomic E-state index is 13.7. The van der Waals surface area contributed by atoms with E-state index in [4.69, 9.17) is 10.00 Å². The van der Waals surface area contributed by atoms with Crippen molar-refractivity contribution in [2.75, 3.05) is 0 Å². The average Bonchev–Trinajstić information content (AvgIpc) is 2.61. The fourth-order valence-electron chi connectivity index (χ4n) is 2.29. The van der Waals surface area contributed by atoms with Crippen LogP contribution >= 0.6 is 0 Å². The van der Waals surface area contributed by atoms with Crippen molar-refractivity contribution in [2.45, 2.75) is 6.92 Å². The molecule has 7 nitrogen and oxygen atoms in total. The number of nitrogens with zero attached hydrogens (tertiary/aromatic N) is 4. The van der Waals surface area contributed by atoms with Crippen molar-refractivity contribution >= 4 is 5.69 Å². The number of aromatic nitrogens is 2. The van der Waals surface area contributed by atoms with Gasteiger partial charge in [0.2, 0.25) is 5.88 Å². The van der Waals surface area contributed by atoms with Gasteiger partial charge in [0, 0.05) is 29.5 Å². The lowest BCUT2D eigenvalue weighted by Gasteiger charge is -2.09. The molecular weight excluding hydrogens is 339 g/mol. The Labute approximate surface area is 147 Å². The Bertz CT molecular complexity index is 1050. The number of hydrogen-bond donors (Lipinski definition) is 0. The van der Waals surface area contributed by atoms with Crippen LogP contribution in [0.25, 0.3) is 11.4 Å². The maximum atomic E-state index is 13.7. The van der Waals surface area contributed by atoms with E-state index in [-0.39, 0.29) is 28.7 Å². The molecule has 0 saturated carbocycles. The fourth-order valence-corrected chi connectivity index (χ4v) is 2.29. The predicted octanol–water partition coefficient (Wildman–Crippen LogP) is 4.16. The summed E-state index contributed by atoms with van der Waals surface area (Å²) in [5.74, 6) is -0.356. The quantitative estimate of drug-likeness (QED) is 0.517. The van der Waals surface area contributed by atoms with Gasteiger partial charge < -0.3 is 4.74 Å². The molecule has 0 aliphatic carbocycles. The van der Waals surface area contributed by atoms with Gasteiger partial charge in [0.1, 0.15) is 23.2 Å². The van der Waals surface area contributed by atoms with E-state index in [0.717, 1.165) is 6.07 Å². The lowest BCUT2D eigenvalue weighted by atomic mass is 10.2. The molecule has 0 saturated heterocycles. The molecule has 2 aromatic carbocycles. The number of nitro groups is 1. The van der Waals surface area contributed by atoms with Crippen LogP contribution < -0.4 is 4.74 Å². The number of rotatable bonds is 4. The molecule has 0 atom stereocenters. The smallest absolute Gasteiger partial charge is 0.270 e. The van der Waals surface area contributed by atoms with Crippen LogP contribution in [0.1, 0.15) is 11.3 Å². The van der Waals surface area contributed by atoms with Crippen LogP contribution in [-0.4, -0.2) is 14.9 Å². The molecule has 128 valence electrons. The Morgan fingerprint density at radius 3 is 2.69 bits per heavy atom. The van der Waals surface area contributed by atoms with Gasteiger partial charge in [-0.25, -0.2) is 9.37 Å². The second kappa shape index (κ2) is 6.94. The van der Waals surface area contributed by atoms with Crippen LogP contribution in [0, 0.1) is 34.2 Å². The zero-order chi connectivity index (χ0) is 18.7. The molecule has 0 fully saturated rings. The molecule has 0 radical (unpaired) electrons. The van der Waals surface area contributed by atoms with E-state index in [0.29, 0.717) is 11.3 Å². The van der Waals surface area contributed by atoms with Crippen molar-refractivity contribution < 1.29 is 14.1 Å². The largest absolute Gasteiger partial charge is 0.437 e. The fraction of sp³-hybridized carbons (Fsp3) is 0.0556. The third-order valence-corrected chi connectivity index (χ3v) is 3.45. The van der Waals surface area contributed by atoms with Crippen LogP contribution in [0.15, 0.2) is 48.5 Å². The Balaban J connectivity index is 2.02. The van der Waals surface area contributed by atoms with Gasteiger partial charge in [0.25, 0.3) is 5.69 Å². The Kier molecular flexibility index (Phi) is 4.53. The van der Waals surface area contributed by atoms with E-state index in [9.17, 15) is 14.5 Å². The molecule has 0 amide bonds. The number of non-ortho nitro benzene ring substituents is 1. The third kappa shape index (κ3) is 3.47. The predicted molar refractivity (Wildman–Crippen MR) is 90.0 cm³/mol. The number of aryl methyl sites for hydroxylation is 1. The first kappa shape index (κ1) is 17.0. The van der Waals surface area contributed by atoms with Crippen LogP contribution in [-0.2, 0) is 0 Å². The molecule has 3 rings (SSSR count). The molecule has 0 aliphatic rings. The molecule has 26 heavy (non-hydrogen) atoms. The zero-order valence-electron chi connectivity index (χ0n) is 13.5. The summed E-state index contributed by atoms with van der Waals surface area (Å²) in [5, 5.41) is 20.0. The molecule has 1 heterocycles. The molecule has 0 spiro atoms. The topological polar surface area (TPSA) is 102 Å². The van der Waals surface area contributed by atoms with E-state index >= 15 is 0 Å². The van der Waals surface area contributed by atoms with Crippen LogP contribution in [0.5, 0.6) is 11.6 Å². The third-order valence-electron chi connectivity index (χ3n) is 3.45. The molecule has 0 bridgehead atoms. The lowest BCUT2D eigenvalue weighted by Crippen LogP contribution is -1.98. The summed E-state index contributed by atoms with van der Waals surface area (Å²) in [6, 6.07) is 13.2. The van der Waals surface area contributed by atoms with Crippen molar-refractivity contribution in [3.05, 3.63) is 75.7 Å². The van der Waals surface area contributed by atoms with Gasteiger partial charge in [0.05, 0.1) is 4.92 Å². The van der Waals surface area contributed by atoms with Gasteiger partial charge in [0.15, 0.2) is 5.82 Å². The first-order chi connectivity index (χ1) is 12.5. The van der Waals surface area contributed by atoms with Gasteiger partial charge in [-0.2, -0.15) is 10.2 Å². The van der Waals surface area contributed by atoms with Crippen LogP contribution in [0.4, 0.5) is 10.1 Å². The number of halogens is 1. The van der Waals surface area contributed by atoms with Gasteiger partial charge in [-0.3, -0.25) is 10.1 Å². The summed E-state index contributed by atoms with van der Waals surface area (Å²) >= 11 is 0. The zero-order valence-corrected chi connectivity index (χ0v) is 13.5. The van der Waals surface area contributed by atoms with E-state index in [1.807, 2.05) is 0 Å². The van der Waals surface area contributed by atoms with Crippen molar-refractivity contribution in [1.82, 2.24) is 9.97 Å². The summed E-state index contributed by atoms with van der Waals surface area (Å²) in [6.07, 6.45) is 0. The van der Waals surface area contributed by atoms with Crippen molar-refractivity contribution in [1.29, 1.82) is 5.26 Å². The highest BCUT2D eigenvalue weighted by Gasteiger charge is 2.14. The molecule has 3 aromatic rings. The van der Waals surface area contributed by atoms with Gasteiger partial charge in [-0.15, -0.1) is 0 Å². The normalized spacial score (nSPS) is 10.2.